The highest BCUT2D eigenvalue weighted by Crippen LogP contribution is 2.32. The fourth-order valence-electron chi connectivity index (χ4n) is 4.90. The molecule has 1 unspecified atom stereocenters. The van der Waals surface area contributed by atoms with E-state index in [2.05, 4.69) is 43.0 Å². The van der Waals surface area contributed by atoms with Gasteiger partial charge in [0.15, 0.2) is 11.0 Å². The van der Waals surface area contributed by atoms with Crippen molar-refractivity contribution in [2.24, 2.45) is 9.98 Å². The molecule has 1 aliphatic heterocycles. The molecule has 0 saturated carbocycles. The van der Waals surface area contributed by atoms with Crippen molar-refractivity contribution in [1.29, 1.82) is 5.26 Å². The fraction of sp³-hybridized carbons (Fsp3) is 0.226. The Kier molecular flexibility index (Phi) is 8.82. The second-order valence-corrected chi connectivity index (χ2v) is 11.0. The maximum atomic E-state index is 12.7. The van der Waals surface area contributed by atoms with E-state index in [0.29, 0.717) is 27.8 Å². The molecule has 0 N–H and O–H groups in total. The molecular formula is C31H26F3N7O2S. The maximum absolute atomic E-state index is 12.7. The average molecular weight is 618 g/mol. The molecule has 1 fully saturated rings. The number of urea groups is 1. The number of carbonyl (C=O) groups excluding carboxylic acids is 1. The number of alkyl halides is 3. The minimum absolute atomic E-state index is 0.339. The lowest BCUT2D eigenvalue weighted by molar-refractivity contribution is -0.274. The molecule has 1 aromatic heterocycles. The Hall–Kier alpha value is -4.96. The van der Waals surface area contributed by atoms with Crippen LogP contribution in [-0.4, -0.2) is 50.8 Å². The Bertz CT molecular complexity index is 1750. The maximum Gasteiger partial charge on any atom is 0.573 e. The molecule has 4 aromatic rings. The van der Waals surface area contributed by atoms with Gasteiger partial charge in [0.1, 0.15) is 18.0 Å². The lowest BCUT2D eigenvalue weighted by atomic mass is 10.0. The largest absolute Gasteiger partial charge is 0.573 e. The molecule has 1 aliphatic rings. The van der Waals surface area contributed by atoms with Gasteiger partial charge in [0, 0.05) is 29.8 Å². The highest BCUT2D eigenvalue weighted by atomic mass is 32.2. The summed E-state index contributed by atoms with van der Waals surface area (Å²) in [5.41, 5.74) is 6.19. The normalized spacial score (nSPS) is 15.1. The van der Waals surface area contributed by atoms with Crippen molar-refractivity contribution in [1.82, 2.24) is 14.8 Å². The number of hydrogen-bond donors (Lipinski definition) is 0. The quantitative estimate of drug-likeness (QED) is 0.211. The smallest absolute Gasteiger partial charge is 0.406 e. The van der Waals surface area contributed by atoms with Crippen LogP contribution >= 0.6 is 11.8 Å². The molecule has 9 nitrogen and oxygen atoms in total. The summed E-state index contributed by atoms with van der Waals surface area (Å²) in [6.45, 7) is 6.86. The van der Waals surface area contributed by atoms with Gasteiger partial charge >= 0.3 is 12.4 Å². The number of aliphatic imine (C=N–C) groups is 2. The predicted octanol–water partition coefficient (Wildman–Crippen LogP) is 7.17. The van der Waals surface area contributed by atoms with E-state index in [1.807, 2.05) is 25.7 Å². The van der Waals surface area contributed by atoms with Crippen LogP contribution in [0.1, 0.15) is 28.2 Å². The molecule has 5 rings (SSSR count). The van der Waals surface area contributed by atoms with E-state index in [9.17, 15) is 23.2 Å². The zero-order valence-electron chi connectivity index (χ0n) is 23.9. The Morgan fingerprint density at radius 3 is 2.41 bits per heavy atom. The minimum atomic E-state index is -4.77. The molecule has 0 bridgehead atoms. The zero-order valence-corrected chi connectivity index (χ0v) is 24.7. The molecule has 3 aromatic carbocycles. The number of ether oxygens (including phenoxy) is 1. The van der Waals surface area contributed by atoms with E-state index in [0.717, 1.165) is 29.1 Å². The van der Waals surface area contributed by atoms with E-state index >= 15 is 0 Å². The molecule has 1 saturated heterocycles. The van der Waals surface area contributed by atoms with Crippen molar-refractivity contribution >= 4 is 34.9 Å². The van der Waals surface area contributed by atoms with Gasteiger partial charge in [-0.1, -0.05) is 53.7 Å². The van der Waals surface area contributed by atoms with Crippen molar-refractivity contribution in [3.8, 4) is 28.9 Å². The highest BCUT2D eigenvalue weighted by Gasteiger charge is 2.31. The van der Waals surface area contributed by atoms with Gasteiger partial charge in [-0.25, -0.2) is 19.5 Å². The SMILES string of the molecule is Cc1cc(C)c(N2CCSC2=NC(=O)N=CC(C#N)c2ccc(-c3ncn(-c4ccc(OC(F)(F)F)cc4)n3)cc2)c(C)c1. The summed E-state index contributed by atoms with van der Waals surface area (Å²) in [6.07, 6.45) is -2.05. The lowest BCUT2D eigenvalue weighted by Gasteiger charge is -2.22. The summed E-state index contributed by atoms with van der Waals surface area (Å²) in [5.74, 6) is 0.0447. The Balaban J connectivity index is 1.25. The second kappa shape index (κ2) is 12.7. The number of benzene rings is 3. The zero-order chi connectivity index (χ0) is 31.4. The Morgan fingerprint density at radius 1 is 1.09 bits per heavy atom. The predicted molar refractivity (Wildman–Crippen MR) is 164 cm³/mol. The average Bonchev–Trinajstić information content (AvgIpc) is 3.63. The molecule has 1 atom stereocenters. The number of nitriles is 1. The van der Waals surface area contributed by atoms with Crippen molar-refractivity contribution in [2.45, 2.75) is 33.1 Å². The number of carbonyl (C=O) groups is 1. The van der Waals surface area contributed by atoms with Crippen LogP contribution in [0.2, 0.25) is 0 Å². The van der Waals surface area contributed by atoms with Crippen LogP contribution in [0.3, 0.4) is 0 Å². The molecule has 44 heavy (non-hydrogen) atoms. The number of halogens is 3. The lowest BCUT2D eigenvalue weighted by Crippen LogP contribution is -2.26. The van der Waals surface area contributed by atoms with Crippen LogP contribution in [0, 0.1) is 32.1 Å². The van der Waals surface area contributed by atoms with E-state index < -0.39 is 18.3 Å². The van der Waals surface area contributed by atoms with E-state index in [1.165, 1.54) is 58.8 Å². The standard InChI is InChI=1S/C31H26F3N7O2S/c1-19-14-20(2)27(21(3)15-19)40-12-13-44-30(40)38-29(42)36-17-24(16-35)22-4-6-23(7-5-22)28-37-18-41(39-28)25-8-10-26(11-9-25)43-31(32,33)34/h4-11,14-15,17-18,24H,12-13H2,1-3H3. The van der Waals surface area contributed by atoms with Crippen molar-refractivity contribution in [2.75, 3.05) is 17.2 Å². The van der Waals surface area contributed by atoms with Crippen LogP contribution < -0.4 is 9.64 Å². The number of anilines is 1. The second-order valence-electron chi connectivity index (χ2n) is 9.99. The van der Waals surface area contributed by atoms with Crippen LogP contribution in [-0.2, 0) is 0 Å². The Morgan fingerprint density at radius 2 is 1.77 bits per heavy atom. The van der Waals surface area contributed by atoms with E-state index in [-0.39, 0.29) is 5.75 Å². The van der Waals surface area contributed by atoms with Gasteiger partial charge in [-0.2, -0.15) is 10.3 Å². The molecular weight excluding hydrogens is 591 g/mol. The van der Waals surface area contributed by atoms with E-state index in [1.54, 1.807) is 24.3 Å². The van der Waals surface area contributed by atoms with Gasteiger partial charge in [0.2, 0.25) is 0 Å². The van der Waals surface area contributed by atoms with Gasteiger partial charge < -0.3 is 9.64 Å². The van der Waals surface area contributed by atoms with Gasteiger partial charge in [-0.05, 0) is 61.7 Å². The first-order valence-corrected chi connectivity index (χ1v) is 14.4. The first kappa shape index (κ1) is 30.5. The van der Waals surface area contributed by atoms with Crippen LogP contribution in [0.5, 0.6) is 5.75 Å². The van der Waals surface area contributed by atoms with Crippen molar-refractivity contribution in [3.63, 3.8) is 0 Å². The Labute approximate surface area is 255 Å². The molecule has 2 amide bonds. The van der Waals surface area contributed by atoms with E-state index in [4.69, 9.17) is 0 Å². The number of amides is 2. The molecule has 224 valence electrons. The third kappa shape index (κ3) is 7.15. The number of amidine groups is 1. The van der Waals surface area contributed by atoms with Gasteiger partial charge in [0.25, 0.3) is 0 Å². The number of thioether (sulfide) groups is 1. The van der Waals surface area contributed by atoms with Gasteiger partial charge in [-0.3, -0.25) is 0 Å². The fourth-order valence-corrected chi connectivity index (χ4v) is 5.84. The molecule has 0 spiro atoms. The van der Waals surface area contributed by atoms with Crippen molar-refractivity contribution in [3.05, 3.63) is 89.2 Å². The van der Waals surface area contributed by atoms with Gasteiger partial charge in [0.05, 0.1) is 11.8 Å². The molecule has 0 aliphatic carbocycles. The van der Waals surface area contributed by atoms with Crippen LogP contribution in [0.4, 0.5) is 23.7 Å². The summed E-state index contributed by atoms with van der Waals surface area (Å²) < 4.78 is 42.5. The summed E-state index contributed by atoms with van der Waals surface area (Å²) in [6, 6.07) is 17.8. The molecule has 13 heteroatoms. The summed E-state index contributed by atoms with van der Waals surface area (Å²) in [7, 11) is 0. The number of rotatable bonds is 6. The number of aryl methyl sites for hydroxylation is 3. The van der Waals surface area contributed by atoms with Crippen LogP contribution in [0.25, 0.3) is 17.1 Å². The highest BCUT2D eigenvalue weighted by molar-refractivity contribution is 8.14. The first-order valence-electron chi connectivity index (χ1n) is 13.4. The monoisotopic (exact) mass is 617 g/mol. The third-order valence-corrected chi connectivity index (χ3v) is 7.66. The van der Waals surface area contributed by atoms with Crippen molar-refractivity contribution < 1.29 is 22.7 Å². The molecule has 2 heterocycles. The number of hydrogen-bond acceptors (Lipinski definition) is 6. The van der Waals surface area contributed by atoms with Crippen LogP contribution in [0.15, 0.2) is 77.0 Å². The topological polar surface area (TPSA) is 109 Å². The summed E-state index contributed by atoms with van der Waals surface area (Å²) in [4.78, 5) is 27.2. The summed E-state index contributed by atoms with van der Waals surface area (Å²) in [5, 5.41) is 14.7. The first-order chi connectivity index (χ1) is 21.0. The number of aromatic nitrogens is 3. The van der Waals surface area contributed by atoms with Gasteiger partial charge in [-0.15, -0.1) is 18.3 Å². The minimum Gasteiger partial charge on any atom is -0.406 e. The summed E-state index contributed by atoms with van der Waals surface area (Å²) >= 11 is 1.49. The third-order valence-electron chi connectivity index (χ3n) is 6.70. The molecule has 0 radical (unpaired) electrons. The number of nitrogens with zero attached hydrogens (tertiary/aromatic N) is 7.